The number of aliphatic imine (C=N–C) groups is 1. The van der Waals surface area contributed by atoms with Crippen LogP contribution in [0.15, 0.2) is 10.4 Å². The number of thiazole rings is 1. The summed E-state index contributed by atoms with van der Waals surface area (Å²) in [7, 11) is 1.95. The first-order chi connectivity index (χ1) is 12.6. The molecule has 0 radical (unpaired) electrons. The summed E-state index contributed by atoms with van der Waals surface area (Å²) in [6, 6.07) is 0. The third-order valence-electron chi connectivity index (χ3n) is 3.86. The Morgan fingerprint density at radius 2 is 2.04 bits per heavy atom. The average Bonchev–Trinajstić information content (AvgIpc) is 3.18. The van der Waals surface area contributed by atoms with Crippen LogP contribution in [0.2, 0.25) is 0 Å². The Labute approximate surface area is 182 Å². The zero-order valence-corrected chi connectivity index (χ0v) is 19.6. The van der Waals surface area contributed by atoms with E-state index in [1.807, 2.05) is 32.4 Å². The molecule has 27 heavy (non-hydrogen) atoms. The number of nitrogens with one attached hydrogen (secondary N) is 2. The van der Waals surface area contributed by atoms with Crippen LogP contribution in [0, 0.1) is 13.8 Å². The molecule has 2 N–H and O–H groups in total. The number of nitrogens with zero attached hydrogens (tertiary/aromatic N) is 5. The maximum atomic E-state index is 5.38. The molecule has 0 aliphatic carbocycles. The lowest BCUT2D eigenvalue weighted by molar-refractivity contribution is 0.145. The molecule has 2 rings (SSSR count). The van der Waals surface area contributed by atoms with Crippen LogP contribution in [0.1, 0.15) is 35.7 Å². The lowest BCUT2D eigenvalue weighted by Crippen LogP contribution is -2.39. The summed E-state index contributed by atoms with van der Waals surface area (Å²) in [5.74, 6) is 2.50. The van der Waals surface area contributed by atoms with Crippen molar-refractivity contribution < 1.29 is 4.74 Å². The first-order valence-electron chi connectivity index (χ1n) is 8.96. The molecule has 2 heterocycles. The van der Waals surface area contributed by atoms with Crippen molar-refractivity contribution >= 4 is 41.3 Å². The van der Waals surface area contributed by atoms with Gasteiger partial charge in [0, 0.05) is 45.2 Å². The van der Waals surface area contributed by atoms with Crippen LogP contribution in [0.25, 0.3) is 0 Å². The van der Waals surface area contributed by atoms with Crippen molar-refractivity contribution in [3.63, 3.8) is 0 Å². The molecule has 2 aromatic heterocycles. The van der Waals surface area contributed by atoms with Gasteiger partial charge in [-0.1, -0.05) is 0 Å². The van der Waals surface area contributed by atoms with Crippen LogP contribution >= 0.6 is 35.3 Å². The molecular weight excluding hydrogens is 477 g/mol. The Morgan fingerprint density at radius 3 is 2.67 bits per heavy atom. The minimum Gasteiger partial charge on any atom is -0.382 e. The van der Waals surface area contributed by atoms with Crippen LogP contribution in [0.4, 0.5) is 0 Å². The molecule has 0 amide bonds. The van der Waals surface area contributed by atoms with Crippen molar-refractivity contribution in [3.05, 3.63) is 27.7 Å². The van der Waals surface area contributed by atoms with E-state index in [1.54, 1.807) is 11.3 Å². The van der Waals surface area contributed by atoms with Gasteiger partial charge in [0.05, 0.1) is 10.7 Å². The molecule has 0 bridgehead atoms. The van der Waals surface area contributed by atoms with E-state index in [0.29, 0.717) is 6.54 Å². The predicted molar refractivity (Wildman–Crippen MR) is 120 cm³/mol. The van der Waals surface area contributed by atoms with Gasteiger partial charge < -0.3 is 19.9 Å². The summed E-state index contributed by atoms with van der Waals surface area (Å²) >= 11 is 1.68. The number of rotatable bonds is 10. The van der Waals surface area contributed by atoms with Crippen molar-refractivity contribution in [2.75, 3.05) is 26.3 Å². The van der Waals surface area contributed by atoms with Crippen LogP contribution in [-0.2, 0) is 24.8 Å². The SMILES string of the molecule is CCOCCCNC(=NCc1nnc(C)n1C)NCCc1csc(C)n1.I. The maximum Gasteiger partial charge on any atom is 0.191 e. The van der Waals surface area contributed by atoms with Gasteiger partial charge in [-0.25, -0.2) is 9.98 Å². The van der Waals surface area contributed by atoms with Gasteiger partial charge in [-0.05, 0) is 27.2 Å². The van der Waals surface area contributed by atoms with E-state index in [4.69, 9.17) is 4.74 Å². The molecule has 0 aliphatic heterocycles. The van der Waals surface area contributed by atoms with Crippen molar-refractivity contribution in [1.82, 2.24) is 30.4 Å². The van der Waals surface area contributed by atoms with Crippen LogP contribution in [0.5, 0.6) is 0 Å². The quantitative estimate of drug-likeness (QED) is 0.222. The van der Waals surface area contributed by atoms with E-state index in [-0.39, 0.29) is 24.0 Å². The van der Waals surface area contributed by atoms with Gasteiger partial charge in [0.25, 0.3) is 0 Å². The number of halogens is 1. The van der Waals surface area contributed by atoms with Crippen LogP contribution in [-0.4, -0.2) is 52.0 Å². The molecule has 2 aromatic rings. The number of aryl methyl sites for hydroxylation is 2. The Bertz CT molecular complexity index is 701. The third kappa shape index (κ3) is 8.52. The van der Waals surface area contributed by atoms with Crippen LogP contribution in [0.3, 0.4) is 0 Å². The van der Waals surface area contributed by atoms with Gasteiger partial charge in [-0.2, -0.15) is 0 Å². The third-order valence-corrected chi connectivity index (χ3v) is 4.69. The molecule has 0 aromatic carbocycles. The zero-order chi connectivity index (χ0) is 18.8. The first-order valence-corrected chi connectivity index (χ1v) is 9.84. The minimum atomic E-state index is 0. The Balaban J connectivity index is 0.00000364. The normalized spacial score (nSPS) is 11.3. The Hall–Kier alpha value is -1.27. The monoisotopic (exact) mass is 507 g/mol. The van der Waals surface area contributed by atoms with E-state index in [0.717, 1.165) is 67.5 Å². The van der Waals surface area contributed by atoms with Gasteiger partial charge in [0.1, 0.15) is 12.4 Å². The minimum absolute atomic E-state index is 0. The topological polar surface area (TPSA) is 89.2 Å². The molecule has 152 valence electrons. The van der Waals surface area contributed by atoms with Crippen molar-refractivity contribution in [2.24, 2.45) is 12.0 Å². The lowest BCUT2D eigenvalue weighted by atomic mass is 10.3. The summed E-state index contributed by atoms with van der Waals surface area (Å²) in [5.41, 5.74) is 1.11. The van der Waals surface area contributed by atoms with Gasteiger partial charge >= 0.3 is 0 Å². The largest absolute Gasteiger partial charge is 0.382 e. The van der Waals surface area contributed by atoms with Gasteiger partial charge in [-0.3, -0.25) is 0 Å². The first kappa shape index (κ1) is 23.8. The van der Waals surface area contributed by atoms with Crippen molar-refractivity contribution in [2.45, 2.75) is 40.2 Å². The highest BCUT2D eigenvalue weighted by Gasteiger charge is 2.06. The number of aromatic nitrogens is 4. The smallest absolute Gasteiger partial charge is 0.191 e. The van der Waals surface area contributed by atoms with Gasteiger partial charge in [-0.15, -0.1) is 45.5 Å². The van der Waals surface area contributed by atoms with E-state index >= 15 is 0 Å². The number of guanidine groups is 1. The van der Waals surface area contributed by atoms with E-state index in [2.05, 4.69) is 36.2 Å². The van der Waals surface area contributed by atoms with Crippen molar-refractivity contribution in [1.29, 1.82) is 0 Å². The molecule has 0 saturated carbocycles. The molecule has 0 saturated heterocycles. The number of ether oxygens (including phenoxy) is 1. The number of hydrogen-bond acceptors (Lipinski definition) is 6. The van der Waals surface area contributed by atoms with E-state index in [1.165, 1.54) is 0 Å². The fourth-order valence-electron chi connectivity index (χ4n) is 2.27. The number of hydrogen-bond donors (Lipinski definition) is 2. The van der Waals surface area contributed by atoms with Crippen LogP contribution < -0.4 is 10.6 Å². The highest BCUT2D eigenvalue weighted by atomic mass is 127. The highest BCUT2D eigenvalue weighted by Crippen LogP contribution is 2.07. The fourth-order valence-corrected chi connectivity index (χ4v) is 2.92. The Kier molecular flexibility index (Phi) is 11.4. The second-order valence-corrected chi connectivity index (χ2v) is 6.96. The van der Waals surface area contributed by atoms with E-state index in [9.17, 15) is 0 Å². The molecule has 0 atom stereocenters. The molecule has 10 heteroatoms. The predicted octanol–water partition coefficient (Wildman–Crippen LogP) is 2.21. The Morgan fingerprint density at radius 1 is 1.26 bits per heavy atom. The summed E-state index contributed by atoms with van der Waals surface area (Å²) in [4.78, 5) is 9.13. The zero-order valence-electron chi connectivity index (χ0n) is 16.5. The summed E-state index contributed by atoms with van der Waals surface area (Å²) in [5, 5.41) is 18.2. The summed E-state index contributed by atoms with van der Waals surface area (Å²) in [6.45, 7) is 9.52. The average molecular weight is 507 g/mol. The molecular formula is C17H30IN7OS. The fraction of sp³-hybridized carbons (Fsp3) is 0.647. The molecule has 0 fully saturated rings. The highest BCUT2D eigenvalue weighted by molar-refractivity contribution is 14.0. The summed E-state index contributed by atoms with van der Waals surface area (Å²) in [6.07, 6.45) is 1.80. The lowest BCUT2D eigenvalue weighted by Gasteiger charge is -2.12. The molecule has 8 nitrogen and oxygen atoms in total. The van der Waals surface area contributed by atoms with Gasteiger partial charge in [0.2, 0.25) is 0 Å². The van der Waals surface area contributed by atoms with Crippen molar-refractivity contribution in [3.8, 4) is 0 Å². The molecule has 0 spiro atoms. The standard InChI is InChI=1S/C17H29N7OS.HI/c1-5-25-10-6-8-18-17(19-9-7-15-12-26-14(3)21-15)20-11-16-23-22-13(2)24(16)4;/h12H,5-11H2,1-4H3,(H2,18,19,20);1H. The maximum absolute atomic E-state index is 5.38. The second-order valence-electron chi connectivity index (χ2n) is 5.90. The summed E-state index contributed by atoms with van der Waals surface area (Å²) < 4.78 is 7.33. The van der Waals surface area contributed by atoms with E-state index < -0.39 is 0 Å². The second kappa shape index (κ2) is 13.0. The molecule has 0 aliphatic rings. The molecule has 0 unspecified atom stereocenters. The van der Waals surface area contributed by atoms with Gasteiger partial charge in [0.15, 0.2) is 11.8 Å².